The van der Waals surface area contributed by atoms with Crippen molar-refractivity contribution in [1.29, 1.82) is 0 Å². The molecule has 0 aliphatic rings. The fourth-order valence-electron chi connectivity index (χ4n) is 2.40. The number of aromatic nitrogens is 3. The summed E-state index contributed by atoms with van der Waals surface area (Å²) in [7, 11) is 0. The van der Waals surface area contributed by atoms with Crippen LogP contribution in [0.5, 0.6) is 11.5 Å². The fourth-order valence-corrected chi connectivity index (χ4v) is 3.21. The number of hydrogen-bond donors (Lipinski definition) is 3. The Bertz CT molecular complexity index is 1000. The van der Waals surface area contributed by atoms with Crippen molar-refractivity contribution in [3.05, 3.63) is 54.4 Å². The number of nitrogens with one attached hydrogen (secondary N) is 1. The SMILES string of the molecule is CC(=O)Nc1cccc(-n2cnnc2SCC(=O)c2ccc(O)cc2O)c1. The number of Topliss-reactive ketones (excluding diaryl/α,β-unsaturated/α-hetero) is 1. The summed E-state index contributed by atoms with van der Waals surface area (Å²) in [5, 5.41) is 30.2. The van der Waals surface area contributed by atoms with E-state index < -0.39 is 0 Å². The van der Waals surface area contributed by atoms with Gasteiger partial charge in [-0.05, 0) is 30.3 Å². The lowest BCUT2D eigenvalue weighted by Crippen LogP contribution is -2.07. The molecule has 9 heteroatoms. The van der Waals surface area contributed by atoms with Crippen molar-refractivity contribution in [2.24, 2.45) is 0 Å². The minimum absolute atomic E-state index is 0.0302. The minimum Gasteiger partial charge on any atom is -0.508 e. The van der Waals surface area contributed by atoms with Crippen LogP contribution in [0.25, 0.3) is 5.69 Å². The van der Waals surface area contributed by atoms with Crippen molar-refractivity contribution in [2.45, 2.75) is 12.1 Å². The third-order valence-corrected chi connectivity index (χ3v) is 4.52. The summed E-state index contributed by atoms with van der Waals surface area (Å²) in [6, 6.07) is 11.0. The molecule has 27 heavy (non-hydrogen) atoms. The minimum atomic E-state index is -0.306. The molecule has 2 aromatic carbocycles. The van der Waals surface area contributed by atoms with Crippen LogP contribution in [0.15, 0.2) is 53.9 Å². The number of thioether (sulfide) groups is 1. The van der Waals surface area contributed by atoms with Crippen molar-refractivity contribution in [3.63, 3.8) is 0 Å². The molecule has 1 amide bonds. The van der Waals surface area contributed by atoms with Crippen LogP contribution >= 0.6 is 11.8 Å². The third kappa shape index (κ3) is 4.45. The van der Waals surface area contributed by atoms with E-state index in [1.807, 2.05) is 6.07 Å². The molecular formula is C18H16N4O4S. The van der Waals surface area contributed by atoms with E-state index in [-0.39, 0.29) is 34.5 Å². The Morgan fingerprint density at radius 2 is 2.00 bits per heavy atom. The van der Waals surface area contributed by atoms with Gasteiger partial charge in [0.25, 0.3) is 0 Å². The van der Waals surface area contributed by atoms with Crippen LogP contribution in [0.1, 0.15) is 17.3 Å². The van der Waals surface area contributed by atoms with Gasteiger partial charge in [-0.2, -0.15) is 0 Å². The fraction of sp³-hybridized carbons (Fsp3) is 0.111. The Hall–Kier alpha value is -3.33. The van der Waals surface area contributed by atoms with Gasteiger partial charge in [0.1, 0.15) is 17.8 Å². The van der Waals surface area contributed by atoms with Gasteiger partial charge in [-0.15, -0.1) is 10.2 Å². The Balaban J connectivity index is 1.76. The number of rotatable bonds is 6. The molecule has 3 N–H and O–H groups in total. The van der Waals surface area contributed by atoms with Gasteiger partial charge >= 0.3 is 0 Å². The Morgan fingerprint density at radius 1 is 1.19 bits per heavy atom. The average molecular weight is 384 g/mol. The first-order chi connectivity index (χ1) is 12.9. The predicted molar refractivity (Wildman–Crippen MR) is 100 cm³/mol. The predicted octanol–water partition coefficient (Wildman–Crippen LogP) is 2.61. The zero-order valence-corrected chi connectivity index (χ0v) is 15.1. The van der Waals surface area contributed by atoms with Gasteiger partial charge in [0.05, 0.1) is 17.0 Å². The molecule has 0 fully saturated rings. The van der Waals surface area contributed by atoms with Crippen molar-refractivity contribution in [2.75, 3.05) is 11.1 Å². The van der Waals surface area contributed by atoms with E-state index in [0.29, 0.717) is 10.8 Å². The van der Waals surface area contributed by atoms with Crippen LogP contribution < -0.4 is 5.32 Å². The second kappa shape index (κ2) is 7.92. The number of phenols is 2. The molecule has 0 spiro atoms. The van der Waals surface area contributed by atoms with Crippen molar-refractivity contribution in [1.82, 2.24) is 14.8 Å². The summed E-state index contributed by atoms with van der Waals surface area (Å²) in [5.74, 6) is -0.841. The van der Waals surface area contributed by atoms with Crippen LogP contribution in [-0.4, -0.2) is 42.4 Å². The molecule has 0 aliphatic carbocycles. The molecule has 3 rings (SSSR count). The van der Waals surface area contributed by atoms with Gasteiger partial charge in [0.15, 0.2) is 10.9 Å². The number of ketones is 1. The lowest BCUT2D eigenvalue weighted by Gasteiger charge is -2.09. The number of phenolic OH excluding ortho intramolecular Hbond substituents is 2. The van der Waals surface area contributed by atoms with E-state index in [1.54, 1.807) is 22.8 Å². The van der Waals surface area contributed by atoms with Crippen LogP contribution in [0.3, 0.4) is 0 Å². The van der Waals surface area contributed by atoms with Crippen LogP contribution in [-0.2, 0) is 4.79 Å². The Kier molecular flexibility index (Phi) is 5.41. The summed E-state index contributed by atoms with van der Waals surface area (Å²) in [6.07, 6.45) is 1.51. The summed E-state index contributed by atoms with van der Waals surface area (Å²) in [4.78, 5) is 23.5. The first-order valence-electron chi connectivity index (χ1n) is 7.90. The Labute approximate surface area is 158 Å². The smallest absolute Gasteiger partial charge is 0.221 e. The highest BCUT2D eigenvalue weighted by atomic mass is 32.2. The van der Waals surface area contributed by atoms with E-state index in [1.165, 1.54) is 25.4 Å². The molecular weight excluding hydrogens is 368 g/mol. The van der Waals surface area contributed by atoms with E-state index in [2.05, 4.69) is 15.5 Å². The van der Waals surface area contributed by atoms with Crippen LogP contribution in [0.2, 0.25) is 0 Å². The average Bonchev–Trinajstić information content (AvgIpc) is 3.08. The van der Waals surface area contributed by atoms with Crippen LogP contribution in [0.4, 0.5) is 5.69 Å². The molecule has 0 atom stereocenters. The lowest BCUT2D eigenvalue weighted by atomic mass is 10.1. The van der Waals surface area contributed by atoms with Gasteiger partial charge in [-0.3, -0.25) is 14.2 Å². The maximum atomic E-state index is 12.3. The molecule has 8 nitrogen and oxygen atoms in total. The van der Waals surface area contributed by atoms with E-state index in [4.69, 9.17) is 0 Å². The van der Waals surface area contributed by atoms with Gasteiger partial charge in [0, 0.05) is 18.7 Å². The van der Waals surface area contributed by atoms with Gasteiger partial charge in [-0.1, -0.05) is 17.8 Å². The number of aromatic hydroxyl groups is 2. The molecule has 0 radical (unpaired) electrons. The molecule has 0 saturated heterocycles. The van der Waals surface area contributed by atoms with Crippen molar-refractivity contribution in [3.8, 4) is 17.2 Å². The maximum absolute atomic E-state index is 12.3. The molecule has 0 aliphatic heterocycles. The van der Waals surface area contributed by atoms with Gasteiger partial charge in [-0.25, -0.2) is 0 Å². The quantitative estimate of drug-likeness (QED) is 0.442. The lowest BCUT2D eigenvalue weighted by molar-refractivity contribution is -0.114. The number of carbonyl (C=O) groups is 2. The largest absolute Gasteiger partial charge is 0.508 e. The van der Waals surface area contributed by atoms with Crippen molar-refractivity contribution < 1.29 is 19.8 Å². The first-order valence-corrected chi connectivity index (χ1v) is 8.88. The Morgan fingerprint density at radius 3 is 2.74 bits per heavy atom. The zero-order valence-electron chi connectivity index (χ0n) is 14.3. The topological polar surface area (TPSA) is 117 Å². The number of hydrogen-bond acceptors (Lipinski definition) is 7. The highest BCUT2D eigenvalue weighted by molar-refractivity contribution is 7.99. The van der Waals surface area contributed by atoms with Crippen molar-refractivity contribution >= 4 is 29.1 Å². The monoisotopic (exact) mass is 384 g/mol. The molecule has 3 aromatic rings. The summed E-state index contributed by atoms with van der Waals surface area (Å²) < 4.78 is 1.69. The highest BCUT2D eigenvalue weighted by Crippen LogP contribution is 2.26. The van der Waals surface area contributed by atoms with E-state index in [9.17, 15) is 19.8 Å². The normalized spacial score (nSPS) is 10.6. The van der Waals surface area contributed by atoms with Gasteiger partial charge in [0.2, 0.25) is 5.91 Å². The number of benzene rings is 2. The van der Waals surface area contributed by atoms with E-state index >= 15 is 0 Å². The second-order valence-electron chi connectivity index (χ2n) is 5.63. The molecule has 138 valence electrons. The number of anilines is 1. The number of nitrogens with zero attached hydrogens (tertiary/aromatic N) is 3. The van der Waals surface area contributed by atoms with E-state index in [0.717, 1.165) is 23.5 Å². The van der Waals surface area contributed by atoms with Crippen LogP contribution in [0, 0.1) is 0 Å². The molecule has 0 bridgehead atoms. The maximum Gasteiger partial charge on any atom is 0.221 e. The number of carbonyl (C=O) groups excluding carboxylic acids is 2. The first kappa shape index (κ1) is 18.5. The highest BCUT2D eigenvalue weighted by Gasteiger charge is 2.15. The van der Waals surface area contributed by atoms with Gasteiger partial charge < -0.3 is 15.5 Å². The second-order valence-corrected chi connectivity index (χ2v) is 6.57. The molecule has 1 heterocycles. The third-order valence-electron chi connectivity index (χ3n) is 3.58. The molecule has 1 aromatic heterocycles. The summed E-state index contributed by atoms with van der Waals surface area (Å²) in [5.41, 5.74) is 1.49. The summed E-state index contributed by atoms with van der Waals surface area (Å²) >= 11 is 1.16. The summed E-state index contributed by atoms with van der Waals surface area (Å²) in [6.45, 7) is 1.43. The number of amides is 1. The molecule has 0 unspecified atom stereocenters. The standard InChI is InChI=1S/C18H16N4O4S/c1-11(23)20-12-3-2-4-13(7-12)22-10-19-21-18(22)27-9-17(26)15-6-5-14(24)8-16(15)25/h2-8,10,24-25H,9H2,1H3,(H,20,23). The molecule has 0 saturated carbocycles. The zero-order chi connectivity index (χ0) is 19.4.